The van der Waals surface area contributed by atoms with Crippen molar-refractivity contribution >= 4 is 11.6 Å². The van der Waals surface area contributed by atoms with E-state index >= 15 is 0 Å². The number of carbonyl (C=O) groups excluding carboxylic acids is 1. The van der Waals surface area contributed by atoms with Gasteiger partial charge >= 0.3 is 0 Å². The van der Waals surface area contributed by atoms with Gasteiger partial charge in [0.25, 0.3) is 0 Å². The van der Waals surface area contributed by atoms with Gasteiger partial charge in [0.15, 0.2) is 0 Å². The van der Waals surface area contributed by atoms with Crippen molar-refractivity contribution in [3.8, 4) is 5.75 Å². The van der Waals surface area contributed by atoms with Crippen LogP contribution in [0.25, 0.3) is 0 Å². The predicted octanol–water partition coefficient (Wildman–Crippen LogP) is 2.48. The molecule has 2 N–H and O–H groups in total. The standard InChI is InChI=1S/C14H11NO2/c16-10-7-5-9(6-8-10)13-11-3-1-2-4-12(11)15-14(13)17/h1-8,13,16H,(H,15,17). The first-order valence-corrected chi connectivity index (χ1v) is 5.44. The minimum absolute atomic E-state index is 0.0168. The third-order valence-electron chi connectivity index (χ3n) is 3.02. The number of phenolic OH excluding ortho intramolecular Hbond substituents is 1. The average Bonchev–Trinajstić information content (AvgIpc) is 2.66. The Labute approximate surface area is 98.7 Å². The molecule has 84 valence electrons. The summed E-state index contributed by atoms with van der Waals surface area (Å²) >= 11 is 0. The predicted molar refractivity (Wildman–Crippen MR) is 65.0 cm³/mol. The molecule has 1 atom stereocenters. The first-order valence-electron chi connectivity index (χ1n) is 5.44. The second kappa shape index (κ2) is 3.63. The molecule has 0 radical (unpaired) electrons. The SMILES string of the molecule is O=C1Nc2ccccc2C1c1ccc(O)cc1. The smallest absolute Gasteiger partial charge is 0.236 e. The van der Waals surface area contributed by atoms with Gasteiger partial charge in [-0.2, -0.15) is 0 Å². The van der Waals surface area contributed by atoms with E-state index in [1.807, 2.05) is 24.3 Å². The largest absolute Gasteiger partial charge is 0.508 e. The summed E-state index contributed by atoms with van der Waals surface area (Å²) in [7, 11) is 0. The van der Waals surface area contributed by atoms with Gasteiger partial charge in [0.05, 0.1) is 5.92 Å². The zero-order valence-corrected chi connectivity index (χ0v) is 9.05. The fraction of sp³-hybridized carbons (Fsp3) is 0.0714. The molecule has 0 bridgehead atoms. The lowest BCUT2D eigenvalue weighted by molar-refractivity contribution is -0.116. The van der Waals surface area contributed by atoms with Gasteiger partial charge in [0, 0.05) is 5.69 Å². The van der Waals surface area contributed by atoms with Gasteiger partial charge in [-0.15, -0.1) is 0 Å². The van der Waals surface area contributed by atoms with Crippen LogP contribution in [0, 0.1) is 0 Å². The minimum atomic E-state index is -0.271. The van der Waals surface area contributed by atoms with Gasteiger partial charge in [0.2, 0.25) is 5.91 Å². The molecule has 1 aliphatic rings. The van der Waals surface area contributed by atoms with Crippen molar-refractivity contribution in [2.24, 2.45) is 0 Å². The van der Waals surface area contributed by atoms with Crippen LogP contribution in [0.15, 0.2) is 48.5 Å². The number of phenols is 1. The van der Waals surface area contributed by atoms with E-state index in [4.69, 9.17) is 0 Å². The summed E-state index contributed by atoms with van der Waals surface area (Å²) < 4.78 is 0. The number of rotatable bonds is 1. The number of hydrogen-bond donors (Lipinski definition) is 2. The molecular formula is C14H11NO2. The Morgan fingerprint density at radius 2 is 1.71 bits per heavy atom. The third-order valence-corrected chi connectivity index (χ3v) is 3.02. The highest BCUT2D eigenvalue weighted by molar-refractivity contribution is 6.05. The maximum Gasteiger partial charge on any atom is 0.236 e. The number of fused-ring (bicyclic) bond motifs is 1. The summed E-state index contributed by atoms with van der Waals surface area (Å²) in [6.07, 6.45) is 0. The summed E-state index contributed by atoms with van der Waals surface area (Å²) in [6, 6.07) is 14.4. The van der Waals surface area contributed by atoms with Gasteiger partial charge in [-0.3, -0.25) is 4.79 Å². The molecule has 17 heavy (non-hydrogen) atoms. The van der Waals surface area contributed by atoms with Gasteiger partial charge < -0.3 is 10.4 Å². The summed E-state index contributed by atoms with van der Waals surface area (Å²) in [5.41, 5.74) is 2.75. The lowest BCUT2D eigenvalue weighted by atomic mass is 9.93. The number of nitrogens with one attached hydrogen (secondary N) is 1. The van der Waals surface area contributed by atoms with Crippen LogP contribution in [0.4, 0.5) is 5.69 Å². The highest BCUT2D eigenvalue weighted by Crippen LogP contribution is 2.37. The second-order valence-corrected chi connectivity index (χ2v) is 4.10. The maximum atomic E-state index is 11.9. The third kappa shape index (κ3) is 1.56. The van der Waals surface area contributed by atoms with E-state index in [0.717, 1.165) is 16.8 Å². The first kappa shape index (κ1) is 9.90. The van der Waals surface area contributed by atoms with E-state index < -0.39 is 0 Å². The molecule has 2 aromatic rings. The Bertz CT molecular complexity index is 575. The number of aromatic hydroxyl groups is 1. The van der Waals surface area contributed by atoms with E-state index in [0.29, 0.717) is 0 Å². The summed E-state index contributed by atoms with van der Waals surface area (Å²) in [6.45, 7) is 0. The highest BCUT2D eigenvalue weighted by atomic mass is 16.3. The molecule has 0 saturated carbocycles. The van der Waals surface area contributed by atoms with Gasteiger partial charge in [-0.25, -0.2) is 0 Å². The molecule has 2 aromatic carbocycles. The van der Waals surface area contributed by atoms with Crippen LogP contribution in [0.5, 0.6) is 5.75 Å². The van der Waals surface area contributed by atoms with Crippen LogP contribution in [-0.2, 0) is 4.79 Å². The Balaban J connectivity index is 2.09. The summed E-state index contributed by atoms with van der Waals surface area (Å²) in [4.78, 5) is 11.9. The van der Waals surface area contributed by atoms with Crippen LogP contribution < -0.4 is 5.32 Å². The number of carbonyl (C=O) groups is 1. The van der Waals surface area contributed by atoms with E-state index in [-0.39, 0.29) is 17.6 Å². The number of benzene rings is 2. The number of amides is 1. The molecule has 0 aliphatic carbocycles. The van der Waals surface area contributed by atoms with Gasteiger partial charge in [-0.05, 0) is 29.3 Å². The minimum Gasteiger partial charge on any atom is -0.508 e. The van der Waals surface area contributed by atoms with Crippen LogP contribution in [-0.4, -0.2) is 11.0 Å². The molecule has 3 heteroatoms. The Morgan fingerprint density at radius 3 is 2.47 bits per heavy atom. The van der Waals surface area contributed by atoms with E-state index in [1.54, 1.807) is 24.3 Å². The van der Waals surface area contributed by atoms with Crippen molar-refractivity contribution in [2.45, 2.75) is 5.92 Å². The lowest BCUT2D eigenvalue weighted by Gasteiger charge is -2.08. The fourth-order valence-corrected chi connectivity index (χ4v) is 2.21. The zero-order valence-electron chi connectivity index (χ0n) is 9.05. The van der Waals surface area contributed by atoms with Crippen molar-refractivity contribution < 1.29 is 9.90 Å². The normalized spacial score (nSPS) is 17.6. The van der Waals surface area contributed by atoms with Crippen molar-refractivity contribution in [1.82, 2.24) is 0 Å². The quantitative estimate of drug-likeness (QED) is 0.783. The first-order chi connectivity index (χ1) is 8.25. The zero-order chi connectivity index (χ0) is 11.8. The molecule has 1 aliphatic heterocycles. The van der Waals surface area contributed by atoms with Gasteiger partial charge in [0.1, 0.15) is 5.75 Å². The second-order valence-electron chi connectivity index (χ2n) is 4.10. The molecule has 0 spiro atoms. The van der Waals surface area contributed by atoms with E-state index in [2.05, 4.69) is 5.32 Å². The average molecular weight is 225 g/mol. The Hall–Kier alpha value is -2.29. The van der Waals surface area contributed by atoms with Crippen molar-refractivity contribution in [1.29, 1.82) is 0 Å². The van der Waals surface area contributed by atoms with Gasteiger partial charge in [-0.1, -0.05) is 30.3 Å². The summed E-state index contributed by atoms with van der Waals surface area (Å²) in [5.74, 6) is -0.0795. The lowest BCUT2D eigenvalue weighted by Crippen LogP contribution is -2.12. The molecule has 0 saturated heterocycles. The number of anilines is 1. The van der Waals surface area contributed by atoms with Crippen LogP contribution in [0.1, 0.15) is 17.0 Å². The maximum absolute atomic E-state index is 11.9. The number of hydrogen-bond acceptors (Lipinski definition) is 2. The Morgan fingerprint density at radius 1 is 1.00 bits per heavy atom. The van der Waals surface area contributed by atoms with E-state index in [9.17, 15) is 9.90 Å². The molecule has 1 unspecified atom stereocenters. The van der Waals surface area contributed by atoms with Crippen LogP contribution >= 0.6 is 0 Å². The molecule has 3 rings (SSSR count). The van der Waals surface area contributed by atoms with Crippen molar-refractivity contribution in [3.63, 3.8) is 0 Å². The summed E-state index contributed by atoms with van der Waals surface area (Å²) in [5, 5.41) is 12.1. The highest BCUT2D eigenvalue weighted by Gasteiger charge is 2.31. The molecule has 1 amide bonds. The molecule has 0 aromatic heterocycles. The van der Waals surface area contributed by atoms with Crippen LogP contribution in [0.3, 0.4) is 0 Å². The monoisotopic (exact) mass is 225 g/mol. The molecular weight excluding hydrogens is 214 g/mol. The fourth-order valence-electron chi connectivity index (χ4n) is 2.21. The molecule has 1 heterocycles. The molecule has 3 nitrogen and oxygen atoms in total. The number of para-hydroxylation sites is 1. The topological polar surface area (TPSA) is 49.3 Å². The molecule has 0 fully saturated rings. The van der Waals surface area contributed by atoms with Crippen LogP contribution in [0.2, 0.25) is 0 Å². The van der Waals surface area contributed by atoms with E-state index in [1.165, 1.54) is 0 Å². The Kier molecular flexibility index (Phi) is 2.11. The van der Waals surface area contributed by atoms with Crippen molar-refractivity contribution in [2.75, 3.05) is 5.32 Å². The van der Waals surface area contributed by atoms with Crippen molar-refractivity contribution in [3.05, 3.63) is 59.7 Å².